The third kappa shape index (κ3) is 7.63. The predicted molar refractivity (Wildman–Crippen MR) is 191 cm³/mol. The number of ketones is 1. The van der Waals surface area contributed by atoms with Crippen LogP contribution in [0.3, 0.4) is 0 Å². The molecule has 2 heterocycles. The fraction of sp³-hybridized carbons (Fsp3) is 0.381. The molecule has 5 aromatic rings. The molecule has 0 saturated heterocycles. The number of aliphatic hydroxyl groups excluding tert-OH is 1. The van der Waals surface area contributed by atoms with Crippen LogP contribution < -0.4 is 0 Å². The first-order chi connectivity index (χ1) is 22.1. The monoisotopic (exact) mass is 807 g/mol. The van der Waals surface area contributed by atoms with Gasteiger partial charge < -0.3 is 9.52 Å². The van der Waals surface area contributed by atoms with Crippen molar-refractivity contribution >= 4 is 27.5 Å². The number of aryl methyl sites for hydroxylation is 2. The Kier molecular flexibility index (Phi) is 12.0. The Morgan fingerprint density at radius 1 is 0.915 bits per heavy atom. The minimum absolute atomic E-state index is 0. The molecule has 0 unspecified atom stereocenters. The molecule has 0 bridgehead atoms. The Hall–Kier alpha value is -3.53. The summed E-state index contributed by atoms with van der Waals surface area (Å²) in [5.41, 5.74) is 7.93. The average Bonchev–Trinajstić information content (AvgIpc) is 3.45. The summed E-state index contributed by atoms with van der Waals surface area (Å²) in [4.78, 5) is 16.5. The van der Waals surface area contributed by atoms with E-state index in [0.717, 1.165) is 66.5 Å². The van der Waals surface area contributed by atoms with E-state index in [1.807, 2.05) is 33.9 Å². The van der Waals surface area contributed by atoms with Gasteiger partial charge >= 0.3 is 0 Å². The summed E-state index contributed by atoms with van der Waals surface area (Å²) in [5.74, 6) is 1.55. The Labute approximate surface area is 294 Å². The maximum atomic E-state index is 11.7. The summed E-state index contributed by atoms with van der Waals surface area (Å²) >= 11 is 0. The van der Waals surface area contributed by atoms with E-state index in [-0.39, 0.29) is 48.9 Å². The second kappa shape index (κ2) is 15.6. The number of aromatic nitrogens is 1. The first kappa shape index (κ1) is 36.3. The molecule has 0 fully saturated rings. The average molecular weight is 807 g/mol. The van der Waals surface area contributed by atoms with Crippen molar-refractivity contribution in [1.29, 1.82) is 0 Å². The zero-order valence-corrected chi connectivity index (χ0v) is 31.3. The van der Waals surface area contributed by atoms with Crippen LogP contribution in [0.2, 0.25) is 0 Å². The Balaban J connectivity index is 0.000000269. The predicted octanol–water partition coefficient (Wildman–Crippen LogP) is 11.4. The molecule has 6 rings (SSSR count). The van der Waals surface area contributed by atoms with Gasteiger partial charge in [-0.3, -0.25) is 9.78 Å². The van der Waals surface area contributed by atoms with Gasteiger partial charge in [0.1, 0.15) is 11.3 Å². The molecule has 1 aliphatic carbocycles. The number of furan rings is 1. The topological polar surface area (TPSA) is 63.3 Å². The van der Waals surface area contributed by atoms with E-state index in [9.17, 15) is 9.90 Å². The van der Waals surface area contributed by atoms with Crippen LogP contribution in [0, 0.1) is 17.9 Å². The molecule has 1 N–H and O–H groups in total. The zero-order chi connectivity index (χ0) is 33.0. The van der Waals surface area contributed by atoms with Crippen molar-refractivity contribution in [2.45, 2.75) is 92.4 Å². The van der Waals surface area contributed by atoms with E-state index in [1.54, 1.807) is 0 Å². The van der Waals surface area contributed by atoms with Gasteiger partial charge in [-0.1, -0.05) is 102 Å². The van der Waals surface area contributed by atoms with Crippen molar-refractivity contribution in [2.24, 2.45) is 11.8 Å². The van der Waals surface area contributed by atoms with E-state index in [1.165, 1.54) is 39.1 Å². The van der Waals surface area contributed by atoms with Crippen LogP contribution in [0.1, 0.15) is 90.8 Å². The molecular formula is C42H48IrNO3-. The minimum atomic E-state index is 0. The molecule has 249 valence electrons. The maximum absolute atomic E-state index is 11.7. The number of pyridine rings is 1. The van der Waals surface area contributed by atoms with Gasteiger partial charge in [-0.2, -0.15) is 0 Å². The number of rotatable bonds is 8. The third-order valence-electron chi connectivity index (χ3n) is 9.53. The van der Waals surface area contributed by atoms with Gasteiger partial charge in [0.15, 0.2) is 5.78 Å². The van der Waals surface area contributed by atoms with Crippen LogP contribution in [0.15, 0.2) is 83.1 Å². The van der Waals surface area contributed by atoms with E-state index < -0.39 is 0 Å². The summed E-state index contributed by atoms with van der Waals surface area (Å²) in [5, 5.41) is 13.3. The third-order valence-corrected chi connectivity index (χ3v) is 9.53. The Morgan fingerprint density at radius 2 is 1.57 bits per heavy atom. The molecule has 2 aromatic heterocycles. The zero-order valence-electron chi connectivity index (χ0n) is 28.9. The van der Waals surface area contributed by atoms with E-state index in [2.05, 4.69) is 87.5 Å². The van der Waals surface area contributed by atoms with E-state index in [4.69, 9.17) is 9.40 Å². The summed E-state index contributed by atoms with van der Waals surface area (Å²) in [6.45, 7) is 14.8. The summed E-state index contributed by atoms with van der Waals surface area (Å²) in [6.07, 6.45) is 8.86. The van der Waals surface area contributed by atoms with Crippen LogP contribution >= 0.6 is 0 Å². The van der Waals surface area contributed by atoms with Gasteiger partial charge in [-0.25, -0.2) is 0 Å². The number of aliphatic hydroxyl groups is 1. The Bertz CT molecular complexity index is 1870. The molecule has 0 saturated carbocycles. The second-order valence-electron chi connectivity index (χ2n) is 13.5. The molecule has 0 amide bonds. The normalized spacial score (nSPS) is 12.8. The molecule has 3 aromatic carbocycles. The van der Waals surface area contributed by atoms with Crippen LogP contribution in [-0.2, 0) is 43.2 Å². The number of carbonyl (C=O) groups excluding carboxylic acids is 1. The number of carbonyl (C=O) groups is 1. The largest absolute Gasteiger partial charge is 0.512 e. The molecule has 0 aliphatic heterocycles. The molecule has 47 heavy (non-hydrogen) atoms. The van der Waals surface area contributed by atoms with Gasteiger partial charge in [0.2, 0.25) is 0 Å². The standard InChI is InChI=1S/C29H24NO.C13H24O2.Ir/c1-29(2,3)25-17-20(16-19-9-5-6-10-21(19)25)26-28-24(14-15-30-26)23-13-12-18-8-4-7-11-22(18)27(23)31-28;1-5-10(6-2)12(14)9-13(15)11(7-3)8-4;/h4-11,14-15,17H,12-13H2,1-3H3;9-11,14H,5-8H2,1-4H3;/q-1;;/b;12-9-;. The van der Waals surface area contributed by atoms with Gasteiger partial charge in [-0.15, -0.1) is 29.1 Å². The number of hydrogen-bond acceptors (Lipinski definition) is 4. The van der Waals surface area contributed by atoms with E-state index in [0.29, 0.717) is 0 Å². The van der Waals surface area contributed by atoms with Crippen molar-refractivity contribution in [2.75, 3.05) is 0 Å². The summed E-state index contributed by atoms with van der Waals surface area (Å²) in [6, 6.07) is 25.0. The van der Waals surface area contributed by atoms with E-state index >= 15 is 0 Å². The number of benzene rings is 3. The Morgan fingerprint density at radius 3 is 2.26 bits per heavy atom. The molecule has 1 aliphatic rings. The van der Waals surface area contributed by atoms with Crippen molar-refractivity contribution < 1.29 is 34.4 Å². The number of nitrogens with zero attached hydrogens (tertiary/aromatic N) is 1. The van der Waals surface area contributed by atoms with Crippen LogP contribution in [0.25, 0.3) is 44.3 Å². The SMILES string of the molecule is CC(C)(C)c1cc(-c2nccc3c4c(oc23)-c2ccccc2CC4)[c-]c2ccccc12.CCC(CC)C(=O)/C=C(\O)C(CC)CC.[Ir]. The van der Waals surface area contributed by atoms with Crippen LogP contribution in [0.5, 0.6) is 0 Å². The fourth-order valence-corrected chi connectivity index (χ4v) is 6.71. The quantitative estimate of drug-likeness (QED) is 0.0964. The van der Waals surface area contributed by atoms with Crippen molar-refractivity contribution in [3.8, 4) is 22.6 Å². The van der Waals surface area contributed by atoms with Gasteiger partial charge in [0.05, 0.1) is 5.76 Å². The van der Waals surface area contributed by atoms with Crippen LogP contribution in [-0.4, -0.2) is 15.9 Å². The van der Waals surface area contributed by atoms with Crippen molar-refractivity contribution in [3.05, 3.63) is 101 Å². The first-order valence-electron chi connectivity index (χ1n) is 17.0. The number of allylic oxidation sites excluding steroid dienone is 2. The fourth-order valence-electron chi connectivity index (χ4n) is 6.71. The molecule has 1 radical (unpaired) electrons. The smallest absolute Gasteiger partial charge is 0.162 e. The van der Waals surface area contributed by atoms with Crippen LogP contribution in [0.4, 0.5) is 0 Å². The summed E-state index contributed by atoms with van der Waals surface area (Å²) < 4.78 is 6.56. The number of fused-ring (bicyclic) bond motifs is 6. The molecule has 4 nitrogen and oxygen atoms in total. The van der Waals surface area contributed by atoms with Crippen molar-refractivity contribution in [3.63, 3.8) is 0 Å². The van der Waals surface area contributed by atoms with Gasteiger partial charge in [0.25, 0.3) is 0 Å². The molecule has 0 spiro atoms. The summed E-state index contributed by atoms with van der Waals surface area (Å²) in [7, 11) is 0. The molecule has 5 heteroatoms. The van der Waals surface area contributed by atoms with Crippen molar-refractivity contribution in [1.82, 2.24) is 4.98 Å². The maximum Gasteiger partial charge on any atom is 0.162 e. The molecule has 0 atom stereocenters. The second-order valence-corrected chi connectivity index (χ2v) is 13.5. The number of hydrogen-bond donors (Lipinski definition) is 1. The van der Waals surface area contributed by atoms with Gasteiger partial charge in [0, 0.05) is 66.4 Å². The molecular weight excluding hydrogens is 759 g/mol. The van der Waals surface area contributed by atoms with Gasteiger partial charge in [-0.05, 0) is 55.6 Å². The minimum Gasteiger partial charge on any atom is -0.512 e. The first-order valence-corrected chi connectivity index (χ1v) is 17.0.